The molecule has 1 N–H and O–H groups in total. The number of rotatable bonds is 6. The molecule has 0 aliphatic rings. The molecule has 1 unspecified atom stereocenters. The summed E-state index contributed by atoms with van der Waals surface area (Å²) in [7, 11) is -3.85. The van der Waals surface area contributed by atoms with E-state index in [9.17, 15) is 18.5 Å². The number of sulfonamides is 1. The lowest BCUT2D eigenvalue weighted by atomic mass is 10.1. The first-order valence-electron chi connectivity index (χ1n) is 7.61. The van der Waals surface area contributed by atoms with Crippen molar-refractivity contribution in [2.45, 2.75) is 38.1 Å². The number of nitrogens with one attached hydrogen (secondary N) is 1. The highest BCUT2D eigenvalue weighted by Gasteiger charge is 2.22. The number of hydrogen-bond donors (Lipinski definition) is 1. The van der Waals surface area contributed by atoms with E-state index in [0.29, 0.717) is 5.56 Å². The largest absolute Gasteiger partial charge is 0.273 e. The van der Waals surface area contributed by atoms with Crippen LogP contribution in [-0.4, -0.2) is 13.3 Å². The van der Waals surface area contributed by atoms with Crippen molar-refractivity contribution < 1.29 is 13.3 Å². The topological polar surface area (TPSA) is 89.3 Å². The highest BCUT2D eigenvalue weighted by Crippen LogP contribution is 2.24. The highest BCUT2D eigenvalue weighted by atomic mass is 32.2. The second kappa shape index (κ2) is 7.11. The van der Waals surface area contributed by atoms with Crippen LogP contribution in [0.15, 0.2) is 47.4 Å². The standard InChI is InChI=1S/C17H20N2O4S/c1-4-14-6-8-15(9-7-14)13(3)18-24(22,23)16-10-5-12(2)17(11-16)19(20)21/h5-11,13,18H,4H2,1-3H3. The number of aryl methyl sites for hydroxylation is 2. The second-order valence-electron chi connectivity index (χ2n) is 5.64. The summed E-state index contributed by atoms with van der Waals surface area (Å²) in [4.78, 5) is 10.3. The molecule has 0 fully saturated rings. The van der Waals surface area contributed by atoms with Crippen molar-refractivity contribution in [1.29, 1.82) is 0 Å². The van der Waals surface area contributed by atoms with Crippen molar-refractivity contribution >= 4 is 15.7 Å². The maximum Gasteiger partial charge on any atom is 0.273 e. The van der Waals surface area contributed by atoms with Crippen LogP contribution in [0.3, 0.4) is 0 Å². The monoisotopic (exact) mass is 348 g/mol. The van der Waals surface area contributed by atoms with E-state index >= 15 is 0 Å². The molecule has 2 aromatic carbocycles. The zero-order valence-corrected chi connectivity index (χ0v) is 14.6. The van der Waals surface area contributed by atoms with Crippen LogP contribution in [-0.2, 0) is 16.4 Å². The zero-order valence-electron chi connectivity index (χ0n) is 13.8. The van der Waals surface area contributed by atoms with E-state index in [-0.39, 0.29) is 10.6 Å². The van der Waals surface area contributed by atoms with E-state index in [1.165, 1.54) is 17.7 Å². The van der Waals surface area contributed by atoms with Crippen molar-refractivity contribution in [3.05, 3.63) is 69.3 Å². The molecule has 0 saturated carbocycles. The Morgan fingerprint density at radius 3 is 2.33 bits per heavy atom. The lowest BCUT2D eigenvalue weighted by Gasteiger charge is -2.15. The van der Waals surface area contributed by atoms with Crippen LogP contribution < -0.4 is 4.72 Å². The highest BCUT2D eigenvalue weighted by molar-refractivity contribution is 7.89. The van der Waals surface area contributed by atoms with Gasteiger partial charge in [-0.2, -0.15) is 0 Å². The molecule has 0 spiro atoms. The number of nitro benzene ring substituents is 1. The Balaban J connectivity index is 2.27. The average molecular weight is 348 g/mol. The summed E-state index contributed by atoms with van der Waals surface area (Å²) >= 11 is 0. The molecule has 24 heavy (non-hydrogen) atoms. The Hall–Kier alpha value is -2.25. The van der Waals surface area contributed by atoms with Gasteiger partial charge in [-0.15, -0.1) is 0 Å². The minimum absolute atomic E-state index is 0.114. The fourth-order valence-corrected chi connectivity index (χ4v) is 3.62. The first-order valence-corrected chi connectivity index (χ1v) is 9.09. The van der Waals surface area contributed by atoms with E-state index in [0.717, 1.165) is 18.1 Å². The number of benzene rings is 2. The Morgan fingerprint density at radius 2 is 1.79 bits per heavy atom. The summed E-state index contributed by atoms with van der Waals surface area (Å²) in [6, 6.07) is 11.1. The fourth-order valence-electron chi connectivity index (χ4n) is 2.36. The summed E-state index contributed by atoms with van der Waals surface area (Å²) in [5.74, 6) is 0. The molecule has 6 nitrogen and oxygen atoms in total. The third-order valence-electron chi connectivity index (χ3n) is 3.91. The summed E-state index contributed by atoms with van der Waals surface area (Å²) in [5.41, 5.74) is 2.21. The molecule has 0 radical (unpaired) electrons. The van der Waals surface area contributed by atoms with Gasteiger partial charge in [0.2, 0.25) is 10.0 Å². The summed E-state index contributed by atoms with van der Waals surface area (Å²) in [6.45, 7) is 5.35. The first-order chi connectivity index (χ1) is 11.2. The van der Waals surface area contributed by atoms with E-state index < -0.39 is 21.0 Å². The Morgan fingerprint density at radius 1 is 1.17 bits per heavy atom. The minimum atomic E-state index is -3.85. The van der Waals surface area contributed by atoms with Crippen molar-refractivity contribution in [2.24, 2.45) is 0 Å². The number of hydrogen-bond acceptors (Lipinski definition) is 4. The molecule has 1 atom stereocenters. The summed E-state index contributed by atoms with van der Waals surface area (Å²) in [5, 5.41) is 11.0. The molecule has 0 bridgehead atoms. The molecule has 128 valence electrons. The smallest absolute Gasteiger partial charge is 0.258 e. The Bertz CT molecular complexity index is 845. The molecular formula is C17H20N2O4S. The van der Waals surface area contributed by atoms with Crippen molar-refractivity contribution in [1.82, 2.24) is 4.72 Å². The Labute approximate surface area is 141 Å². The van der Waals surface area contributed by atoms with E-state index in [1.807, 2.05) is 31.2 Å². The predicted molar refractivity (Wildman–Crippen MR) is 92.4 cm³/mol. The average Bonchev–Trinajstić information content (AvgIpc) is 2.54. The SMILES string of the molecule is CCc1ccc(C(C)NS(=O)(=O)c2ccc(C)c([N+](=O)[O-])c2)cc1. The van der Waals surface area contributed by atoms with Crippen molar-refractivity contribution in [2.75, 3.05) is 0 Å². The lowest BCUT2D eigenvalue weighted by Crippen LogP contribution is -2.27. The first kappa shape index (κ1) is 18.1. The van der Waals surface area contributed by atoms with Crippen molar-refractivity contribution in [3.8, 4) is 0 Å². The van der Waals surface area contributed by atoms with Crippen molar-refractivity contribution in [3.63, 3.8) is 0 Å². The number of nitro groups is 1. The fraction of sp³-hybridized carbons (Fsp3) is 0.294. The quantitative estimate of drug-likeness (QED) is 0.639. The molecule has 0 amide bonds. The van der Waals surface area contributed by atoms with Gasteiger partial charge in [-0.3, -0.25) is 10.1 Å². The normalized spacial score (nSPS) is 12.8. The lowest BCUT2D eigenvalue weighted by molar-refractivity contribution is -0.385. The molecular weight excluding hydrogens is 328 g/mol. The van der Waals surface area contributed by atoms with Crippen LogP contribution >= 0.6 is 0 Å². The second-order valence-corrected chi connectivity index (χ2v) is 7.36. The van der Waals surface area contributed by atoms with E-state index in [1.54, 1.807) is 13.8 Å². The van der Waals surface area contributed by atoms with Gasteiger partial charge < -0.3 is 0 Å². The van der Waals surface area contributed by atoms with Crippen LogP contribution in [0.2, 0.25) is 0 Å². The van der Waals surface area contributed by atoms with Gasteiger partial charge in [-0.1, -0.05) is 37.3 Å². The minimum Gasteiger partial charge on any atom is -0.258 e. The third-order valence-corrected chi connectivity index (χ3v) is 5.45. The summed E-state index contributed by atoms with van der Waals surface area (Å²) < 4.78 is 27.5. The molecule has 0 aromatic heterocycles. The van der Waals surface area contributed by atoms with Crippen LogP contribution in [0.4, 0.5) is 5.69 Å². The van der Waals surface area contributed by atoms with Gasteiger partial charge in [0.15, 0.2) is 0 Å². The molecule has 0 aliphatic carbocycles. The summed E-state index contributed by atoms with van der Waals surface area (Å²) in [6.07, 6.45) is 0.910. The maximum absolute atomic E-state index is 12.5. The van der Waals surface area contributed by atoms with Gasteiger partial charge >= 0.3 is 0 Å². The maximum atomic E-state index is 12.5. The molecule has 7 heteroatoms. The zero-order chi connectivity index (χ0) is 17.9. The molecule has 0 heterocycles. The van der Waals surface area contributed by atoms with Crippen LogP contribution in [0, 0.1) is 17.0 Å². The molecule has 2 aromatic rings. The van der Waals surface area contributed by atoms with Crippen LogP contribution in [0.5, 0.6) is 0 Å². The van der Waals surface area contributed by atoms with Gasteiger partial charge in [0.05, 0.1) is 9.82 Å². The van der Waals surface area contributed by atoms with Crippen LogP contribution in [0.25, 0.3) is 0 Å². The third kappa shape index (κ3) is 3.98. The van der Waals surface area contributed by atoms with E-state index in [2.05, 4.69) is 4.72 Å². The van der Waals surface area contributed by atoms with Gasteiger partial charge in [-0.25, -0.2) is 13.1 Å². The van der Waals surface area contributed by atoms with E-state index in [4.69, 9.17) is 0 Å². The van der Waals surface area contributed by atoms with Crippen LogP contribution in [0.1, 0.15) is 36.6 Å². The van der Waals surface area contributed by atoms with Gasteiger partial charge in [0, 0.05) is 17.7 Å². The molecule has 0 aliphatic heterocycles. The Kier molecular flexibility index (Phi) is 5.36. The van der Waals surface area contributed by atoms with Gasteiger partial charge in [-0.05, 0) is 37.5 Å². The molecule has 2 rings (SSSR count). The van der Waals surface area contributed by atoms with Gasteiger partial charge in [0.1, 0.15) is 0 Å². The predicted octanol–water partition coefficient (Wildman–Crippen LogP) is 3.51. The molecule has 0 saturated heterocycles. The van der Waals surface area contributed by atoms with Gasteiger partial charge in [0.25, 0.3) is 5.69 Å². The number of nitrogens with zero attached hydrogens (tertiary/aromatic N) is 1.